The number of carbonyl (C=O) groups excluding carboxylic acids is 1. The number of nitrogens with zero attached hydrogens (tertiary/aromatic N) is 4. The monoisotopic (exact) mass is 304 g/mol. The van der Waals surface area contributed by atoms with E-state index < -0.39 is 0 Å². The van der Waals surface area contributed by atoms with E-state index in [0.29, 0.717) is 30.5 Å². The van der Waals surface area contributed by atoms with E-state index in [-0.39, 0.29) is 23.5 Å². The van der Waals surface area contributed by atoms with Gasteiger partial charge < -0.3 is 13.9 Å². The molecule has 3 heterocycles. The Labute approximate surface area is 128 Å². The highest BCUT2D eigenvalue weighted by molar-refractivity contribution is 5.91. The van der Waals surface area contributed by atoms with Crippen molar-refractivity contribution < 1.29 is 13.8 Å². The number of aromatic nitrogens is 3. The number of hydrogen-bond acceptors (Lipinski definition) is 6. The molecule has 0 aliphatic carbocycles. The van der Waals surface area contributed by atoms with Crippen LogP contribution in [0.25, 0.3) is 0 Å². The first kappa shape index (κ1) is 14.7. The van der Waals surface area contributed by atoms with Gasteiger partial charge in [-0.2, -0.15) is 4.98 Å². The van der Waals surface area contributed by atoms with E-state index in [0.717, 1.165) is 12.8 Å². The Balaban J connectivity index is 1.72. The van der Waals surface area contributed by atoms with Gasteiger partial charge in [-0.3, -0.25) is 4.79 Å². The molecule has 1 aliphatic rings. The predicted octanol–water partition coefficient (Wildman–Crippen LogP) is 2.51. The molecule has 0 saturated carbocycles. The lowest BCUT2D eigenvalue weighted by molar-refractivity contribution is 0.0654. The molecular weight excluding hydrogens is 284 g/mol. The Kier molecular flexibility index (Phi) is 3.96. The van der Waals surface area contributed by atoms with E-state index >= 15 is 0 Å². The van der Waals surface area contributed by atoms with E-state index in [4.69, 9.17) is 9.05 Å². The molecule has 3 rings (SSSR count). The average molecular weight is 304 g/mol. The minimum Gasteiger partial charge on any atom is -0.351 e. The molecule has 2 aromatic rings. The molecule has 0 bridgehead atoms. The molecule has 7 heteroatoms. The maximum atomic E-state index is 12.4. The van der Waals surface area contributed by atoms with Crippen LogP contribution in [0.15, 0.2) is 15.1 Å². The molecule has 0 radical (unpaired) electrons. The molecule has 0 spiro atoms. The van der Waals surface area contributed by atoms with Crippen LogP contribution in [-0.4, -0.2) is 39.2 Å². The summed E-state index contributed by atoms with van der Waals surface area (Å²) in [6.45, 7) is 7.12. The van der Waals surface area contributed by atoms with Crippen LogP contribution in [0.1, 0.15) is 66.5 Å². The van der Waals surface area contributed by atoms with Crippen molar-refractivity contribution in [3.05, 3.63) is 29.2 Å². The third-order valence-corrected chi connectivity index (χ3v) is 3.87. The summed E-state index contributed by atoms with van der Waals surface area (Å²) >= 11 is 0. The van der Waals surface area contributed by atoms with Gasteiger partial charge in [0.15, 0.2) is 5.82 Å². The van der Waals surface area contributed by atoms with Gasteiger partial charge in [-0.1, -0.05) is 24.2 Å². The highest BCUT2D eigenvalue weighted by Crippen LogP contribution is 2.27. The molecule has 1 aliphatic heterocycles. The third-order valence-electron chi connectivity index (χ3n) is 3.87. The van der Waals surface area contributed by atoms with E-state index in [9.17, 15) is 4.79 Å². The molecule has 1 unspecified atom stereocenters. The Morgan fingerprint density at radius 3 is 2.82 bits per heavy atom. The first-order valence-corrected chi connectivity index (χ1v) is 7.60. The summed E-state index contributed by atoms with van der Waals surface area (Å²) in [5, 5.41) is 7.77. The quantitative estimate of drug-likeness (QED) is 0.866. The number of carbonyl (C=O) groups is 1. The van der Waals surface area contributed by atoms with Crippen molar-refractivity contribution in [2.75, 3.05) is 13.1 Å². The van der Waals surface area contributed by atoms with Gasteiger partial charge in [0, 0.05) is 25.1 Å². The first-order valence-electron chi connectivity index (χ1n) is 7.60. The SMILES string of the molecule is Cc1cc(C(=O)N2CCCC(c3nc(C(C)C)no3)C2)on1. The molecule has 1 saturated heterocycles. The van der Waals surface area contributed by atoms with Crippen molar-refractivity contribution >= 4 is 5.91 Å². The first-order chi connectivity index (χ1) is 10.5. The molecule has 0 N–H and O–H groups in total. The standard InChI is InChI=1S/C15H20N4O3/c1-9(2)13-16-14(22-18-13)11-5-4-6-19(8-11)15(20)12-7-10(3)17-21-12/h7,9,11H,4-6,8H2,1-3H3. The zero-order valence-corrected chi connectivity index (χ0v) is 13.1. The van der Waals surface area contributed by atoms with Gasteiger partial charge in [-0.05, 0) is 19.8 Å². The van der Waals surface area contributed by atoms with Gasteiger partial charge in [0.25, 0.3) is 5.91 Å². The third kappa shape index (κ3) is 2.88. The van der Waals surface area contributed by atoms with E-state index in [1.807, 2.05) is 13.8 Å². The fraction of sp³-hybridized carbons (Fsp3) is 0.600. The van der Waals surface area contributed by atoms with Crippen molar-refractivity contribution in [1.29, 1.82) is 0 Å². The lowest BCUT2D eigenvalue weighted by atomic mass is 9.97. The van der Waals surface area contributed by atoms with E-state index in [1.165, 1.54) is 0 Å². The summed E-state index contributed by atoms with van der Waals surface area (Å²) in [6, 6.07) is 1.66. The zero-order chi connectivity index (χ0) is 15.7. The van der Waals surface area contributed by atoms with Crippen molar-refractivity contribution in [1.82, 2.24) is 20.2 Å². The molecule has 0 aromatic carbocycles. The van der Waals surface area contributed by atoms with E-state index in [2.05, 4.69) is 15.3 Å². The summed E-state index contributed by atoms with van der Waals surface area (Å²) in [7, 11) is 0. The Bertz CT molecular complexity index is 661. The normalized spacial score (nSPS) is 18.9. The molecule has 1 fully saturated rings. The van der Waals surface area contributed by atoms with Crippen LogP contribution in [0.2, 0.25) is 0 Å². The Hall–Kier alpha value is -2.18. The fourth-order valence-corrected chi connectivity index (χ4v) is 2.63. The Morgan fingerprint density at radius 2 is 2.18 bits per heavy atom. The summed E-state index contributed by atoms with van der Waals surface area (Å²) in [4.78, 5) is 18.7. The number of likely N-dealkylation sites (tertiary alicyclic amines) is 1. The maximum absolute atomic E-state index is 12.4. The van der Waals surface area contributed by atoms with Gasteiger partial charge in [0.05, 0.1) is 11.6 Å². The van der Waals surface area contributed by atoms with Crippen LogP contribution in [0, 0.1) is 6.92 Å². The topological polar surface area (TPSA) is 85.3 Å². The van der Waals surface area contributed by atoms with Gasteiger partial charge in [0.2, 0.25) is 11.7 Å². The predicted molar refractivity (Wildman–Crippen MR) is 77.5 cm³/mol. The molecule has 22 heavy (non-hydrogen) atoms. The fourth-order valence-electron chi connectivity index (χ4n) is 2.63. The molecule has 2 aromatic heterocycles. The van der Waals surface area contributed by atoms with E-state index in [1.54, 1.807) is 17.9 Å². The maximum Gasteiger partial charge on any atom is 0.292 e. The molecule has 7 nitrogen and oxygen atoms in total. The lowest BCUT2D eigenvalue weighted by Gasteiger charge is -2.30. The van der Waals surface area contributed by atoms with Crippen LogP contribution in [0.3, 0.4) is 0 Å². The number of rotatable bonds is 3. The minimum atomic E-state index is -0.131. The van der Waals surface area contributed by atoms with Crippen molar-refractivity contribution in [3.63, 3.8) is 0 Å². The number of amides is 1. The average Bonchev–Trinajstić information content (AvgIpc) is 3.15. The highest BCUT2D eigenvalue weighted by atomic mass is 16.5. The molecular formula is C15H20N4O3. The van der Waals surface area contributed by atoms with Crippen LogP contribution in [0.4, 0.5) is 0 Å². The summed E-state index contributed by atoms with van der Waals surface area (Å²) in [5.41, 5.74) is 0.704. The van der Waals surface area contributed by atoms with Gasteiger partial charge in [-0.25, -0.2) is 0 Å². The summed E-state index contributed by atoms with van der Waals surface area (Å²) < 4.78 is 10.4. The van der Waals surface area contributed by atoms with Gasteiger partial charge in [-0.15, -0.1) is 0 Å². The summed E-state index contributed by atoms with van der Waals surface area (Å²) in [5.74, 6) is 1.80. The second kappa shape index (κ2) is 5.90. The second-order valence-corrected chi connectivity index (χ2v) is 6.07. The number of aryl methyl sites for hydroxylation is 1. The minimum absolute atomic E-state index is 0.0849. The van der Waals surface area contributed by atoms with Gasteiger partial charge >= 0.3 is 0 Å². The van der Waals surface area contributed by atoms with Crippen molar-refractivity contribution in [3.8, 4) is 0 Å². The van der Waals surface area contributed by atoms with Crippen LogP contribution in [0.5, 0.6) is 0 Å². The number of piperidine rings is 1. The van der Waals surface area contributed by atoms with Crippen molar-refractivity contribution in [2.24, 2.45) is 0 Å². The van der Waals surface area contributed by atoms with Crippen LogP contribution < -0.4 is 0 Å². The largest absolute Gasteiger partial charge is 0.351 e. The van der Waals surface area contributed by atoms with Crippen LogP contribution in [-0.2, 0) is 0 Å². The molecule has 118 valence electrons. The zero-order valence-electron chi connectivity index (χ0n) is 13.1. The highest BCUT2D eigenvalue weighted by Gasteiger charge is 2.30. The van der Waals surface area contributed by atoms with Gasteiger partial charge in [0.1, 0.15) is 0 Å². The lowest BCUT2D eigenvalue weighted by Crippen LogP contribution is -2.39. The van der Waals surface area contributed by atoms with Crippen molar-refractivity contribution in [2.45, 2.75) is 45.4 Å². The Morgan fingerprint density at radius 1 is 1.36 bits per heavy atom. The summed E-state index contributed by atoms with van der Waals surface area (Å²) in [6.07, 6.45) is 1.85. The molecule has 1 atom stereocenters. The van der Waals surface area contributed by atoms with Crippen LogP contribution >= 0.6 is 0 Å². The smallest absolute Gasteiger partial charge is 0.292 e. The number of hydrogen-bond donors (Lipinski definition) is 0. The second-order valence-electron chi connectivity index (χ2n) is 6.07. The molecule has 1 amide bonds.